The molecule has 0 atom stereocenters. The highest BCUT2D eigenvalue weighted by molar-refractivity contribution is 6.04. The zero-order chi connectivity index (χ0) is 25.4. The monoisotopic (exact) mass is 488 g/mol. The first-order chi connectivity index (χ1) is 18.1. The average Bonchev–Trinajstić information content (AvgIpc) is 2.95. The number of pyridine rings is 1. The minimum absolute atomic E-state index is 0.345. The first-order valence-electron chi connectivity index (χ1n) is 11.6. The van der Waals surface area contributed by atoms with E-state index in [1.165, 1.54) is 0 Å². The van der Waals surface area contributed by atoms with Crippen LogP contribution in [0.3, 0.4) is 0 Å². The molecule has 2 heterocycles. The predicted octanol–water partition coefficient (Wildman–Crippen LogP) is 4.98. The third-order valence-corrected chi connectivity index (χ3v) is 6.23. The molecular formula is C29H20N4O4. The second kappa shape index (κ2) is 9.16. The van der Waals surface area contributed by atoms with Gasteiger partial charge in [-0.15, -0.1) is 5.10 Å². The fraction of sp³-hybridized carbons (Fsp3) is 0.0690. The van der Waals surface area contributed by atoms with Gasteiger partial charge in [-0.1, -0.05) is 53.7 Å². The molecule has 2 aromatic heterocycles. The molecule has 0 fully saturated rings. The number of hydrogen-bond donors (Lipinski definition) is 0. The smallest absolute Gasteiger partial charge is 0.340 e. The second-order valence-corrected chi connectivity index (χ2v) is 8.47. The Labute approximate surface area is 210 Å². The van der Waals surface area contributed by atoms with Crippen LogP contribution in [0.2, 0.25) is 0 Å². The maximum Gasteiger partial charge on any atom is 0.340 e. The van der Waals surface area contributed by atoms with Crippen molar-refractivity contribution in [3.8, 4) is 17.0 Å². The van der Waals surface area contributed by atoms with E-state index in [4.69, 9.17) is 14.5 Å². The van der Waals surface area contributed by atoms with E-state index in [1.807, 2.05) is 60.7 Å². The fourth-order valence-corrected chi connectivity index (χ4v) is 4.31. The minimum atomic E-state index is -0.591. The number of methoxy groups -OCH3 is 1. The first kappa shape index (κ1) is 22.4. The number of para-hydroxylation sites is 1. The average molecular weight is 489 g/mol. The molecule has 37 heavy (non-hydrogen) atoms. The van der Waals surface area contributed by atoms with Gasteiger partial charge in [0.15, 0.2) is 6.73 Å². The lowest BCUT2D eigenvalue weighted by molar-refractivity contribution is 0.0338. The van der Waals surface area contributed by atoms with Crippen molar-refractivity contribution in [1.82, 2.24) is 20.0 Å². The maximum absolute atomic E-state index is 13.2. The Hall–Kier alpha value is -5.11. The van der Waals surface area contributed by atoms with Gasteiger partial charge in [0, 0.05) is 10.9 Å². The molecule has 8 nitrogen and oxygen atoms in total. The molecule has 6 rings (SSSR count). The molecule has 8 heteroatoms. The van der Waals surface area contributed by atoms with E-state index < -0.39 is 5.97 Å². The standard InChI is InChI=1S/C29H20N4O4/c1-36-21-13-12-18-14-20(11-10-19(18)15-21)27-16-24(22-6-2-4-8-25(22)30-27)29(35)37-17-33-28(34)23-7-3-5-9-26(23)31-32-33/h2-16H,17H2,1H3. The van der Waals surface area contributed by atoms with Crippen molar-refractivity contribution in [3.63, 3.8) is 0 Å². The number of fused-ring (bicyclic) bond motifs is 3. The number of carbonyl (C=O) groups is 1. The Bertz CT molecular complexity index is 1880. The van der Waals surface area contributed by atoms with Gasteiger partial charge >= 0.3 is 5.97 Å². The van der Waals surface area contributed by atoms with Crippen molar-refractivity contribution in [2.75, 3.05) is 7.11 Å². The van der Waals surface area contributed by atoms with Crippen LogP contribution in [-0.4, -0.2) is 33.1 Å². The van der Waals surface area contributed by atoms with E-state index in [9.17, 15) is 9.59 Å². The van der Waals surface area contributed by atoms with Crippen molar-refractivity contribution in [1.29, 1.82) is 0 Å². The van der Waals surface area contributed by atoms with Crippen molar-refractivity contribution < 1.29 is 14.3 Å². The molecule has 0 amide bonds. The van der Waals surface area contributed by atoms with Gasteiger partial charge in [0.2, 0.25) is 0 Å². The van der Waals surface area contributed by atoms with Gasteiger partial charge in [-0.2, -0.15) is 4.68 Å². The molecule has 0 aliphatic rings. The highest BCUT2D eigenvalue weighted by atomic mass is 16.5. The van der Waals surface area contributed by atoms with Crippen LogP contribution in [0, 0.1) is 0 Å². The molecule has 0 unspecified atom stereocenters. The summed E-state index contributed by atoms with van der Waals surface area (Å²) in [6.45, 7) is -0.362. The molecule has 0 saturated carbocycles. The quantitative estimate of drug-likeness (QED) is 0.316. The zero-order valence-corrected chi connectivity index (χ0v) is 19.8. The molecule has 0 N–H and O–H groups in total. The molecule has 0 aliphatic carbocycles. The minimum Gasteiger partial charge on any atom is -0.497 e. The number of hydrogen-bond acceptors (Lipinski definition) is 7. The summed E-state index contributed by atoms with van der Waals surface area (Å²) >= 11 is 0. The summed E-state index contributed by atoms with van der Waals surface area (Å²) < 4.78 is 11.9. The van der Waals surface area contributed by atoms with Gasteiger partial charge in [0.1, 0.15) is 11.3 Å². The number of ether oxygens (including phenoxy) is 2. The summed E-state index contributed by atoms with van der Waals surface area (Å²) in [5.74, 6) is 0.191. The molecule has 4 aromatic carbocycles. The van der Waals surface area contributed by atoms with Crippen LogP contribution in [0.1, 0.15) is 10.4 Å². The summed E-state index contributed by atoms with van der Waals surface area (Å²) in [5.41, 5.74) is 2.59. The number of benzene rings is 4. The predicted molar refractivity (Wildman–Crippen MR) is 140 cm³/mol. The summed E-state index contributed by atoms with van der Waals surface area (Å²) in [4.78, 5) is 30.8. The molecule has 0 radical (unpaired) electrons. The van der Waals surface area contributed by atoms with E-state index in [0.717, 1.165) is 26.8 Å². The SMILES string of the molecule is COc1ccc2cc(-c3cc(C(=O)OCn4nnc5ccccc5c4=O)c4ccccc4n3)ccc2c1. The third kappa shape index (κ3) is 4.14. The summed E-state index contributed by atoms with van der Waals surface area (Å²) in [7, 11) is 1.64. The summed E-state index contributed by atoms with van der Waals surface area (Å²) in [6.07, 6.45) is 0. The van der Waals surface area contributed by atoms with Crippen LogP contribution in [0.15, 0.2) is 95.8 Å². The summed E-state index contributed by atoms with van der Waals surface area (Å²) in [5, 5.41) is 11.0. The van der Waals surface area contributed by atoms with E-state index >= 15 is 0 Å². The van der Waals surface area contributed by atoms with Gasteiger partial charge in [-0.05, 0) is 53.2 Å². The number of rotatable bonds is 5. The molecule has 0 saturated heterocycles. The number of esters is 1. The highest BCUT2D eigenvalue weighted by Gasteiger charge is 2.17. The van der Waals surface area contributed by atoms with Gasteiger partial charge in [0.25, 0.3) is 5.56 Å². The van der Waals surface area contributed by atoms with E-state index in [0.29, 0.717) is 33.1 Å². The van der Waals surface area contributed by atoms with Crippen LogP contribution in [0.5, 0.6) is 5.75 Å². The Morgan fingerprint density at radius 2 is 1.57 bits per heavy atom. The van der Waals surface area contributed by atoms with Crippen LogP contribution < -0.4 is 10.3 Å². The molecule has 0 spiro atoms. The lowest BCUT2D eigenvalue weighted by Gasteiger charge is -2.11. The lowest BCUT2D eigenvalue weighted by atomic mass is 10.0. The third-order valence-electron chi connectivity index (χ3n) is 6.23. The van der Waals surface area contributed by atoms with Gasteiger partial charge < -0.3 is 9.47 Å². The Kier molecular flexibility index (Phi) is 5.54. The molecule has 180 valence electrons. The van der Waals surface area contributed by atoms with E-state index in [-0.39, 0.29) is 12.3 Å². The largest absolute Gasteiger partial charge is 0.497 e. The van der Waals surface area contributed by atoms with Gasteiger partial charge in [-0.25, -0.2) is 9.78 Å². The highest BCUT2D eigenvalue weighted by Crippen LogP contribution is 2.29. The normalized spacial score (nSPS) is 11.2. The van der Waals surface area contributed by atoms with Crippen molar-refractivity contribution >= 4 is 38.5 Å². The zero-order valence-electron chi connectivity index (χ0n) is 19.8. The number of nitrogens with zero attached hydrogens (tertiary/aromatic N) is 4. The molecule has 6 aromatic rings. The lowest BCUT2D eigenvalue weighted by Crippen LogP contribution is -2.26. The Morgan fingerprint density at radius 3 is 2.41 bits per heavy atom. The van der Waals surface area contributed by atoms with Crippen LogP contribution in [0.25, 0.3) is 43.8 Å². The van der Waals surface area contributed by atoms with Crippen LogP contribution >= 0.6 is 0 Å². The Balaban J connectivity index is 1.36. The molecule has 0 bridgehead atoms. The van der Waals surface area contributed by atoms with E-state index in [2.05, 4.69) is 10.3 Å². The van der Waals surface area contributed by atoms with E-state index in [1.54, 1.807) is 37.4 Å². The van der Waals surface area contributed by atoms with Crippen molar-refractivity contribution in [2.24, 2.45) is 0 Å². The second-order valence-electron chi connectivity index (χ2n) is 8.47. The van der Waals surface area contributed by atoms with Crippen LogP contribution in [0.4, 0.5) is 0 Å². The van der Waals surface area contributed by atoms with Gasteiger partial charge in [0.05, 0.1) is 29.3 Å². The van der Waals surface area contributed by atoms with Crippen molar-refractivity contribution in [2.45, 2.75) is 6.73 Å². The Morgan fingerprint density at radius 1 is 0.838 bits per heavy atom. The number of aromatic nitrogens is 4. The molecule has 0 aliphatic heterocycles. The maximum atomic E-state index is 13.2. The summed E-state index contributed by atoms with van der Waals surface area (Å²) in [6, 6.07) is 27.8. The van der Waals surface area contributed by atoms with Crippen molar-refractivity contribution in [3.05, 3.63) is 107 Å². The topological polar surface area (TPSA) is 96.2 Å². The van der Waals surface area contributed by atoms with Crippen LogP contribution in [-0.2, 0) is 11.5 Å². The fourth-order valence-electron chi connectivity index (χ4n) is 4.31. The number of carbonyl (C=O) groups excluding carboxylic acids is 1. The van der Waals surface area contributed by atoms with Gasteiger partial charge in [-0.3, -0.25) is 4.79 Å². The molecular weight excluding hydrogens is 468 g/mol. The first-order valence-corrected chi connectivity index (χ1v) is 11.6.